The highest BCUT2D eigenvalue weighted by Gasteiger charge is 2.22. The maximum absolute atomic E-state index is 6.37. The van der Waals surface area contributed by atoms with E-state index in [1.807, 2.05) is 24.3 Å². The van der Waals surface area contributed by atoms with Crippen molar-refractivity contribution in [3.05, 3.63) is 95.7 Å². The predicted molar refractivity (Wildman–Crippen MR) is 135 cm³/mol. The van der Waals surface area contributed by atoms with E-state index in [0.717, 1.165) is 46.1 Å². The zero-order chi connectivity index (χ0) is 21.5. The van der Waals surface area contributed by atoms with E-state index in [0.29, 0.717) is 0 Å². The Kier molecular flexibility index (Phi) is 3.24. The van der Waals surface area contributed by atoms with Gasteiger partial charge in [-0.1, -0.05) is 54.6 Å². The number of hydrogen-bond donors (Lipinski definition) is 1. The highest BCUT2D eigenvalue weighted by atomic mass is 16.3. The molecule has 1 aliphatic carbocycles. The van der Waals surface area contributed by atoms with Crippen LogP contribution in [0.25, 0.3) is 66.4 Å². The third-order valence-corrected chi connectivity index (χ3v) is 7.14. The maximum atomic E-state index is 6.37. The van der Waals surface area contributed by atoms with E-state index in [4.69, 9.17) is 8.83 Å². The summed E-state index contributed by atoms with van der Waals surface area (Å²) in [5.41, 5.74) is 9.94. The molecular weight excluding hydrogens is 406 g/mol. The lowest BCUT2D eigenvalue weighted by atomic mass is 9.90. The molecule has 1 N–H and O–H groups in total. The number of aromatic nitrogens is 1. The SMILES string of the molecule is C1=C(c2cccc3c2oc2ccccc23)CCc2[nH]c3ccc4c5ccccc5oc4c3c21. The molecule has 4 aromatic carbocycles. The Balaban J connectivity index is 1.41. The number of allylic oxidation sites excluding steroid dienone is 1. The molecule has 0 spiro atoms. The predicted octanol–water partition coefficient (Wildman–Crippen LogP) is 8.45. The number of benzene rings is 4. The third kappa shape index (κ3) is 2.29. The quantitative estimate of drug-likeness (QED) is 0.287. The number of aryl methyl sites for hydroxylation is 1. The van der Waals surface area contributed by atoms with Crippen LogP contribution in [0.3, 0.4) is 0 Å². The van der Waals surface area contributed by atoms with Crippen LogP contribution in [-0.4, -0.2) is 4.98 Å². The number of H-pyrrole nitrogens is 1. The standard InChI is InChI=1S/C30H19NO2/c1-3-10-26-19(6-1)21-9-5-8-18(29(21)32-26)17-12-14-24-23(16-17)28-25(31-24)15-13-22-20-7-2-4-11-27(20)33-30(22)28/h1-11,13,15-16,31H,12,14H2. The van der Waals surface area contributed by atoms with Gasteiger partial charge >= 0.3 is 0 Å². The molecule has 1 aliphatic rings. The first-order valence-electron chi connectivity index (χ1n) is 11.4. The Morgan fingerprint density at radius 3 is 2.12 bits per heavy atom. The fraction of sp³-hybridized carbons (Fsp3) is 0.0667. The normalized spacial score (nSPS) is 14.0. The second-order valence-corrected chi connectivity index (χ2v) is 8.93. The summed E-state index contributed by atoms with van der Waals surface area (Å²) in [4.78, 5) is 3.66. The van der Waals surface area contributed by atoms with Gasteiger partial charge < -0.3 is 13.8 Å². The number of nitrogens with one attached hydrogen (secondary N) is 1. The molecule has 156 valence electrons. The van der Waals surface area contributed by atoms with E-state index in [-0.39, 0.29) is 0 Å². The molecule has 3 heterocycles. The lowest BCUT2D eigenvalue weighted by Gasteiger charge is -2.14. The highest BCUT2D eigenvalue weighted by molar-refractivity contribution is 6.18. The monoisotopic (exact) mass is 425 g/mol. The third-order valence-electron chi connectivity index (χ3n) is 7.14. The van der Waals surface area contributed by atoms with Crippen LogP contribution in [0.1, 0.15) is 23.2 Å². The molecule has 0 aliphatic heterocycles. The van der Waals surface area contributed by atoms with Crippen LogP contribution in [0.5, 0.6) is 0 Å². The summed E-state index contributed by atoms with van der Waals surface area (Å²) in [6.07, 6.45) is 4.28. The molecule has 0 saturated carbocycles. The summed E-state index contributed by atoms with van der Waals surface area (Å²) in [5.74, 6) is 0. The molecule has 3 aromatic heterocycles. The average molecular weight is 425 g/mol. The molecule has 0 bridgehead atoms. The molecule has 0 saturated heterocycles. The van der Waals surface area contributed by atoms with Crippen molar-refractivity contribution in [2.24, 2.45) is 0 Å². The summed E-state index contributed by atoms with van der Waals surface area (Å²) >= 11 is 0. The first kappa shape index (κ1) is 17.3. The van der Waals surface area contributed by atoms with Gasteiger partial charge in [-0.3, -0.25) is 0 Å². The molecule has 33 heavy (non-hydrogen) atoms. The molecule has 0 fully saturated rings. The average Bonchev–Trinajstić information content (AvgIpc) is 3.54. The van der Waals surface area contributed by atoms with Crippen LogP contribution in [0.2, 0.25) is 0 Å². The molecule has 0 unspecified atom stereocenters. The van der Waals surface area contributed by atoms with Crippen molar-refractivity contribution in [3.8, 4) is 0 Å². The van der Waals surface area contributed by atoms with Crippen molar-refractivity contribution in [2.45, 2.75) is 12.8 Å². The van der Waals surface area contributed by atoms with Crippen LogP contribution in [-0.2, 0) is 6.42 Å². The molecule has 7 aromatic rings. The highest BCUT2D eigenvalue weighted by Crippen LogP contribution is 2.42. The fourth-order valence-electron chi connectivity index (χ4n) is 5.62. The second kappa shape index (κ2) is 6.17. The van der Waals surface area contributed by atoms with E-state index in [2.05, 4.69) is 65.7 Å². The van der Waals surface area contributed by atoms with Crippen LogP contribution in [0.4, 0.5) is 0 Å². The van der Waals surface area contributed by atoms with E-state index in [1.54, 1.807) is 0 Å². The summed E-state index contributed by atoms with van der Waals surface area (Å²) in [6.45, 7) is 0. The smallest absolute Gasteiger partial charge is 0.145 e. The van der Waals surface area contributed by atoms with Crippen LogP contribution >= 0.6 is 0 Å². The molecule has 0 radical (unpaired) electrons. The zero-order valence-electron chi connectivity index (χ0n) is 17.8. The van der Waals surface area contributed by atoms with Crippen LogP contribution < -0.4 is 0 Å². The van der Waals surface area contributed by atoms with Crippen LogP contribution in [0, 0.1) is 0 Å². The van der Waals surface area contributed by atoms with Crippen molar-refractivity contribution in [1.29, 1.82) is 0 Å². The van der Waals surface area contributed by atoms with E-state index in [9.17, 15) is 0 Å². The van der Waals surface area contributed by atoms with E-state index in [1.165, 1.54) is 43.9 Å². The van der Waals surface area contributed by atoms with Gasteiger partial charge in [-0.25, -0.2) is 0 Å². The maximum Gasteiger partial charge on any atom is 0.145 e. The largest absolute Gasteiger partial charge is 0.455 e. The van der Waals surface area contributed by atoms with Gasteiger partial charge in [0, 0.05) is 38.4 Å². The molecule has 0 atom stereocenters. The first-order chi connectivity index (χ1) is 16.3. The number of fused-ring (bicyclic) bond motifs is 10. The van der Waals surface area contributed by atoms with Gasteiger partial charge in [-0.2, -0.15) is 0 Å². The molecule has 0 amide bonds. The minimum absolute atomic E-state index is 0.932. The molecular formula is C30H19NO2. The Hall–Kier alpha value is -4.24. The molecule has 3 nitrogen and oxygen atoms in total. The molecule has 8 rings (SSSR count). The Labute approximate surface area is 188 Å². The van der Waals surface area contributed by atoms with Crippen molar-refractivity contribution < 1.29 is 8.83 Å². The summed E-state index contributed by atoms with van der Waals surface area (Å²) in [5, 5.41) is 5.85. The van der Waals surface area contributed by atoms with Gasteiger partial charge in [-0.15, -0.1) is 0 Å². The Morgan fingerprint density at radius 1 is 0.606 bits per heavy atom. The number of furan rings is 2. The number of hydrogen-bond acceptors (Lipinski definition) is 2. The Bertz CT molecular complexity index is 1930. The van der Waals surface area contributed by atoms with Crippen molar-refractivity contribution >= 4 is 66.4 Å². The summed E-state index contributed by atoms with van der Waals surface area (Å²) < 4.78 is 12.7. The van der Waals surface area contributed by atoms with Gasteiger partial charge in [0.15, 0.2) is 0 Å². The van der Waals surface area contributed by atoms with Gasteiger partial charge in [-0.05, 0) is 48.8 Å². The van der Waals surface area contributed by atoms with E-state index >= 15 is 0 Å². The van der Waals surface area contributed by atoms with Crippen LogP contribution in [0.15, 0.2) is 87.7 Å². The first-order valence-corrected chi connectivity index (χ1v) is 11.4. The lowest BCUT2D eigenvalue weighted by molar-refractivity contribution is 0.667. The second-order valence-electron chi connectivity index (χ2n) is 8.93. The van der Waals surface area contributed by atoms with Crippen molar-refractivity contribution in [3.63, 3.8) is 0 Å². The number of aromatic amines is 1. The van der Waals surface area contributed by atoms with Crippen molar-refractivity contribution in [1.82, 2.24) is 4.98 Å². The van der Waals surface area contributed by atoms with Gasteiger partial charge in [0.1, 0.15) is 22.3 Å². The van der Waals surface area contributed by atoms with E-state index < -0.39 is 0 Å². The topological polar surface area (TPSA) is 42.1 Å². The van der Waals surface area contributed by atoms with Crippen molar-refractivity contribution in [2.75, 3.05) is 0 Å². The number of rotatable bonds is 1. The summed E-state index contributed by atoms with van der Waals surface area (Å²) in [7, 11) is 0. The summed E-state index contributed by atoms with van der Waals surface area (Å²) in [6, 6.07) is 27.4. The Morgan fingerprint density at radius 2 is 1.30 bits per heavy atom. The molecule has 3 heteroatoms. The fourth-order valence-corrected chi connectivity index (χ4v) is 5.62. The van der Waals surface area contributed by atoms with Gasteiger partial charge in [0.25, 0.3) is 0 Å². The number of para-hydroxylation sites is 3. The van der Waals surface area contributed by atoms with Gasteiger partial charge in [0.05, 0.1) is 10.9 Å². The minimum atomic E-state index is 0.932. The lowest BCUT2D eigenvalue weighted by Crippen LogP contribution is -1.98. The van der Waals surface area contributed by atoms with Gasteiger partial charge in [0.2, 0.25) is 0 Å². The minimum Gasteiger partial charge on any atom is -0.455 e. The zero-order valence-corrected chi connectivity index (χ0v) is 17.8.